The molecule has 4 aromatic rings. The number of nitrogen functional groups attached to an aromatic ring is 1. The van der Waals surface area contributed by atoms with E-state index in [0.29, 0.717) is 33.8 Å². The van der Waals surface area contributed by atoms with Crippen molar-refractivity contribution in [2.45, 2.75) is 4.90 Å². The smallest absolute Gasteiger partial charge is 0.175 e. The van der Waals surface area contributed by atoms with E-state index in [2.05, 4.69) is 19.9 Å². The number of imidazole rings is 1. The molecule has 0 saturated carbocycles. The van der Waals surface area contributed by atoms with Crippen LogP contribution < -0.4 is 5.73 Å². The van der Waals surface area contributed by atoms with Crippen molar-refractivity contribution in [3.05, 3.63) is 48.7 Å². The van der Waals surface area contributed by atoms with Gasteiger partial charge in [0.25, 0.3) is 0 Å². The summed E-state index contributed by atoms with van der Waals surface area (Å²) < 4.78 is 23.2. The lowest BCUT2D eigenvalue weighted by Crippen LogP contribution is -2.00. The summed E-state index contributed by atoms with van der Waals surface area (Å²) >= 11 is 0. The zero-order valence-corrected chi connectivity index (χ0v) is 15.0. The van der Waals surface area contributed by atoms with Crippen molar-refractivity contribution in [3.8, 4) is 28.5 Å². The zero-order chi connectivity index (χ0) is 19.2. The molecule has 136 valence electrons. The van der Waals surface area contributed by atoms with E-state index in [1.165, 1.54) is 18.3 Å². The van der Waals surface area contributed by atoms with Gasteiger partial charge in [-0.25, -0.2) is 23.4 Å². The van der Waals surface area contributed by atoms with E-state index >= 15 is 0 Å². The first-order valence-corrected chi connectivity index (χ1v) is 9.83. The number of nitrogens with zero attached hydrogens (tertiary/aromatic N) is 3. The highest BCUT2D eigenvalue weighted by Gasteiger charge is 2.15. The van der Waals surface area contributed by atoms with Gasteiger partial charge in [-0.05, 0) is 24.3 Å². The Bertz CT molecular complexity index is 1260. The van der Waals surface area contributed by atoms with Crippen LogP contribution in [0.1, 0.15) is 0 Å². The Kier molecular flexibility index (Phi) is 3.81. The largest absolute Gasteiger partial charge is 0.506 e. The first-order valence-electron chi connectivity index (χ1n) is 7.94. The highest BCUT2D eigenvalue weighted by molar-refractivity contribution is 7.90. The molecule has 0 aliphatic carbocycles. The molecule has 4 rings (SSSR count). The fourth-order valence-corrected chi connectivity index (χ4v) is 3.34. The Morgan fingerprint density at radius 1 is 1.07 bits per heavy atom. The SMILES string of the molecule is CS(=O)(=O)c1ccc(-c2cnc(N)c(-c3nc4cccc(O)c4[nH]3)n2)cc1. The Morgan fingerprint density at radius 3 is 2.48 bits per heavy atom. The number of rotatable bonds is 3. The number of phenolic OH excluding ortho intramolecular Hbond substituents is 1. The summed E-state index contributed by atoms with van der Waals surface area (Å²) in [6.07, 6.45) is 2.66. The van der Waals surface area contributed by atoms with Crippen LogP contribution in [0.25, 0.3) is 33.8 Å². The van der Waals surface area contributed by atoms with Gasteiger partial charge in [0.2, 0.25) is 0 Å². The molecular formula is C18H15N5O3S. The third kappa shape index (κ3) is 3.08. The Labute approximate surface area is 154 Å². The van der Waals surface area contributed by atoms with Gasteiger partial charge < -0.3 is 15.8 Å². The van der Waals surface area contributed by atoms with E-state index in [9.17, 15) is 13.5 Å². The van der Waals surface area contributed by atoms with Crippen LogP contribution in [0.5, 0.6) is 5.75 Å². The number of sulfone groups is 1. The molecule has 0 amide bonds. The number of para-hydroxylation sites is 1. The number of aromatic hydroxyl groups is 1. The number of nitrogens with two attached hydrogens (primary N) is 1. The average Bonchev–Trinajstić information content (AvgIpc) is 3.07. The van der Waals surface area contributed by atoms with E-state index in [4.69, 9.17) is 5.73 Å². The molecule has 2 aromatic heterocycles. The van der Waals surface area contributed by atoms with Gasteiger partial charge in [-0.1, -0.05) is 18.2 Å². The minimum absolute atomic E-state index is 0.0744. The molecule has 9 heteroatoms. The fourth-order valence-electron chi connectivity index (χ4n) is 2.71. The van der Waals surface area contributed by atoms with Crippen molar-refractivity contribution in [2.75, 3.05) is 12.0 Å². The molecule has 4 N–H and O–H groups in total. The number of phenols is 1. The molecule has 0 radical (unpaired) electrons. The van der Waals surface area contributed by atoms with Gasteiger partial charge in [-0.2, -0.15) is 0 Å². The number of aromatic nitrogens is 4. The molecule has 0 fully saturated rings. The van der Waals surface area contributed by atoms with Crippen LogP contribution in [0.4, 0.5) is 5.82 Å². The molecule has 8 nitrogen and oxygen atoms in total. The van der Waals surface area contributed by atoms with Crippen LogP contribution in [0.2, 0.25) is 0 Å². The quantitative estimate of drug-likeness (QED) is 0.496. The number of aromatic amines is 1. The summed E-state index contributed by atoms with van der Waals surface area (Å²) in [5, 5.41) is 9.94. The van der Waals surface area contributed by atoms with Gasteiger partial charge in [0.15, 0.2) is 21.5 Å². The van der Waals surface area contributed by atoms with Crippen LogP contribution >= 0.6 is 0 Å². The van der Waals surface area contributed by atoms with Crippen LogP contribution in [-0.2, 0) is 9.84 Å². The number of benzene rings is 2. The van der Waals surface area contributed by atoms with Crippen LogP contribution in [0.3, 0.4) is 0 Å². The fraction of sp³-hybridized carbons (Fsp3) is 0.0556. The summed E-state index contributed by atoms with van der Waals surface area (Å²) in [7, 11) is -3.27. The second-order valence-corrected chi connectivity index (χ2v) is 8.06. The highest BCUT2D eigenvalue weighted by atomic mass is 32.2. The summed E-state index contributed by atoms with van der Waals surface area (Å²) in [5.74, 6) is 0.640. The Hall–Kier alpha value is -3.46. The molecule has 27 heavy (non-hydrogen) atoms. The third-order valence-electron chi connectivity index (χ3n) is 4.10. The number of anilines is 1. The van der Waals surface area contributed by atoms with Gasteiger partial charge in [0, 0.05) is 11.8 Å². The molecule has 0 bridgehead atoms. The summed E-state index contributed by atoms with van der Waals surface area (Å²) in [4.78, 5) is 16.3. The lowest BCUT2D eigenvalue weighted by atomic mass is 10.1. The number of H-pyrrole nitrogens is 1. The first-order chi connectivity index (χ1) is 12.8. The predicted molar refractivity (Wildman–Crippen MR) is 102 cm³/mol. The highest BCUT2D eigenvalue weighted by Crippen LogP contribution is 2.29. The van der Waals surface area contributed by atoms with E-state index < -0.39 is 9.84 Å². The maximum atomic E-state index is 11.6. The predicted octanol–water partition coefficient (Wildman–Crippen LogP) is 2.38. The normalized spacial score (nSPS) is 11.7. The minimum Gasteiger partial charge on any atom is -0.506 e. The van der Waals surface area contributed by atoms with E-state index in [0.717, 1.165) is 6.26 Å². The summed E-state index contributed by atoms with van der Waals surface area (Å²) in [5.41, 5.74) is 8.58. The van der Waals surface area contributed by atoms with Gasteiger partial charge in [0.05, 0.1) is 22.3 Å². The summed E-state index contributed by atoms with van der Waals surface area (Å²) in [6, 6.07) is 11.3. The molecule has 0 aliphatic heterocycles. The van der Waals surface area contributed by atoms with E-state index in [1.807, 2.05) is 0 Å². The third-order valence-corrected chi connectivity index (χ3v) is 5.23. The maximum Gasteiger partial charge on any atom is 0.175 e. The molecule has 0 saturated heterocycles. The Balaban J connectivity index is 1.80. The van der Waals surface area contributed by atoms with Crippen molar-refractivity contribution in [1.29, 1.82) is 0 Å². The van der Waals surface area contributed by atoms with Gasteiger partial charge in [-0.15, -0.1) is 0 Å². The van der Waals surface area contributed by atoms with Crippen molar-refractivity contribution >= 4 is 26.7 Å². The number of hydrogen-bond acceptors (Lipinski definition) is 7. The van der Waals surface area contributed by atoms with E-state index in [-0.39, 0.29) is 16.5 Å². The monoisotopic (exact) mass is 381 g/mol. The van der Waals surface area contributed by atoms with Crippen molar-refractivity contribution in [3.63, 3.8) is 0 Å². The number of hydrogen-bond donors (Lipinski definition) is 3. The molecule has 0 spiro atoms. The number of fused-ring (bicyclic) bond motifs is 1. The lowest BCUT2D eigenvalue weighted by molar-refractivity contribution is 0.480. The lowest BCUT2D eigenvalue weighted by Gasteiger charge is -2.06. The molecule has 2 heterocycles. The maximum absolute atomic E-state index is 11.6. The van der Waals surface area contributed by atoms with E-state index in [1.54, 1.807) is 30.3 Å². The van der Waals surface area contributed by atoms with Crippen molar-refractivity contribution in [2.24, 2.45) is 0 Å². The molecule has 2 aromatic carbocycles. The van der Waals surface area contributed by atoms with Crippen LogP contribution in [0, 0.1) is 0 Å². The molecular weight excluding hydrogens is 366 g/mol. The standard InChI is InChI=1S/C18H15N5O3S/c1-27(25,26)11-7-5-10(6-8-11)13-9-20-17(19)16(21-13)18-22-12-3-2-4-14(24)15(12)23-18/h2-9,24H,1H3,(H2,19,20)(H,22,23). The molecule has 0 atom stereocenters. The minimum atomic E-state index is -3.27. The average molecular weight is 381 g/mol. The second-order valence-electron chi connectivity index (χ2n) is 6.04. The zero-order valence-electron chi connectivity index (χ0n) is 14.2. The van der Waals surface area contributed by atoms with Gasteiger partial charge in [0.1, 0.15) is 17.0 Å². The van der Waals surface area contributed by atoms with Gasteiger partial charge in [-0.3, -0.25) is 0 Å². The van der Waals surface area contributed by atoms with Crippen LogP contribution in [-0.4, -0.2) is 39.7 Å². The van der Waals surface area contributed by atoms with Gasteiger partial charge >= 0.3 is 0 Å². The number of nitrogens with one attached hydrogen (secondary N) is 1. The second kappa shape index (κ2) is 6.06. The Morgan fingerprint density at radius 2 is 1.81 bits per heavy atom. The first kappa shape index (κ1) is 17.0. The van der Waals surface area contributed by atoms with Crippen LogP contribution in [0.15, 0.2) is 53.6 Å². The summed E-state index contributed by atoms with van der Waals surface area (Å²) in [6.45, 7) is 0. The molecule has 0 aliphatic rings. The topological polar surface area (TPSA) is 135 Å². The van der Waals surface area contributed by atoms with Crippen molar-refractivity contribution < 1.29 is 13.5 Å². The van der Waals surface area contributed by atoms with Crippen molar-refractivity contribution in [1.82, 2.24) is 19.9 Å². The molecule has 0 unspecified atom stereocenters.